The molecule has 2 aromatic rings. The third-order valence-corrected chi connectivity index (χ3v) is 4.80. The Balaban J connectivity index is 2.48. The molecule has 0 aliphatic heterocycles. The summed E-state index contributed by atoms with van der Waals surface area (Å²) in [5.74, 6) is 0.389. The number of nitrogens with zero attached hydrogens (tertiary/aromatic N) is 4. The van der Waals surface area contributed by atoms with Crippen molar-refractivity contribution in [2.45, 2.75) is 31.2 Å². The number of aromatic amines is 1. The van der Waals surface area contributed by atoms with E-state index < -0.39 is 10.0 Å². The van der Waals surface area contributed by atoms with E-state index in [0.29, 0.717) is 5.69 Å². The Morgan fingerprint density at radius 1 is 1.27 bits per heavy atom. The molecule has 0 unspecified atom stereocenters. The van der Waals surface area contributed by atoms with Crippen LogP contribution in [0.5, 0.6) is 5.88 Å². The minimum atomic E-state index is -3.85. The van der Waals surface area contributed by atoms with Crippen LogP contribution in [0.2, 0.25) is 0 Å². The lowest BCUT2D eigenvalue weighted by molar-refractivity contribution is 0.396. The number of nitrogens with one attached hydrogen (secondary N) is 1. The summed E-state index contributed by atoms with van der Waals surface area (Å²) in [5.41, 5.74) is 0.148. The van der Waals surface area contributed by atoms with Crippen LogP contribution >= 0.6 is 0 Å². The monoisotopic (exact) mass is 325 g/mol. The first-order valence-electron chi connectivity index (χ1n) is 6.56. The van der Waals surface area contributed by atoms with Crippen molar-refractivity contribution < 1.29 is 13.2 Å². The molecule has 2 heterocycles. The van der Waals surface area contributed by atoms with Gasteiger partial charge in [-0.25, -0.2) is 4.98 Å². The molecule has 0 saturated heterocycles. The smallest absolute Gasteiger partial charge is 0.284 e. The second-order valence-corrected chi connectivity index (χ2v) is 7.61. The number of H-pyrrole nitrogens is 1. The van der Waals surface area contributed by atoms with Crippen LogP contribution in [-0.4, -0.2) is 42.5 Å². The van der Waals surface area contributed by atoms with E-state index in [1.807, 2.05) is 20.8 Å². The van der Waals surface area contributed by atoms with Crippen molar-refractivity contribution in [2.24, 2.45) is 0 Å². The standard InChI is InChI=1S/C13H19N5O3S/c1-13(2,3)11-12(16-8-15-11)22(19,20)18(4)9-6-14-7-10(17-9)21-5/h6-8H,1-5H3,(H,15,16). The predicted molar refractivity (Wildman–Crippen MR) is 81.5 cm³/mol. The van der Waals surface area contributed by atoms with Crippen LogP contribution in [0.15, 0.2) is 23.7 Å². The van der Waals surface area contributed by atoms with Crippen molar-refractivity contribution >= 4 is 15.8 Å². The molecule has 120 valence electrons. The maximum absolute atomic E-state index is 12.8. The number of rotatable bonds is 4. The molecule has 0 aliphatic carbocycles. The lowest BCUT2D eigenvalue weighted by Crippen LogP contribution is -2.30. The molecule has 2 aromatic heterocycles. The van der Waals surface area contributed by atoms with E-state index in [-0.39, 0.29) is 22.1 Å². The molecule has 0 aromatic carbocycles. The molecule has 0 bridgehead atoms. The fourth-order valence-electron chi connectivity index (χ4n) is 1.86. The molecule has 0 aliphatic rings. The summed E-state index contributed by atoms with van der Waals surface area (Å²) < 4.78 is 31.6. The molecular formula is C13H19N5O3S. The van der Waals surface area contributed by atoms with Gasteiger partial charge in [-0.05, 0) is 0 Å². The molecule has 0 radical (unpaired) electrons. The second kappa shape index (κ2) is 5.56. The fourth-order valence-corrected chi connectivity index (χ4v) is 3.26. The van der Waals surface area contributed by atoms with Gasteiger partial charge in [0, 0.05) is 12.5 Å². The molecule has 0 fully saturated rings. The maximum atomic E-state index is 12.8. The molecule has 8 nitrogen and oxygen atoms in total. The van der Waals surface area contributed by atoms with Gasteiger partial charge in [0.1, 0.15) is 0 Å². The number of ether oxygens (including phenoxy) is 1. The highest BCUT2D eigenvalue weighted by atomic mass is 32.2. The van der Waals surface area contributed by atoms with Crippen molar-refractivity contribution in [1.29, 1.82) is 0 Å². The highest BCUT2D eigenvalue weighted by Crippen LogP contribution is 2.29. The van der Waals surface area contributed by atoms with Gasteiger partial charge in [-0.3, -0.25) is 9.29 Å². The predicted octanol–water partition coefficient (Wildman–Crippen LogP) is 1.33. The number of hydrogen-bond acceptors (Lipinski definition) is 6. The summed E-state index contributed by atoms with van der Waals surface area (Å²) in [6, 6.07) is 0. The van der Waals surface area contributed by atoms with E-state index in [4.69, 9.17) is 4.74 Å². The molecule has 0 amide bonds. The van der Waals surface area contributed by atoms with Crippen LogP contribution in [0.3, 0.4) is 0 Å². The Bertz CT molecular complexity index is 764. The normalized spacial score (nSPS) is 12.2. The van der Waals surface area contributed by atoms with Gasteiger partial charge in [0.15, 0.2) is 10.8 Å². The molecule has 22 heavy (non-hydrogen) atoms. The van der Waals surface area contributed by atoms with E-state index in [1.165, 1.54) is 32.9 Å². The molecule has 0 spiro atoms. The van der Waals surface area contributed by atoms with E-state index in [2.05, 4.69) is 19.9 Å². The Labute approximate surface area is 129 Å². The Kier molecular flexibility index (Phi) is 4.10. The van der Waals surface area contributed by atoms with Crippen molar-refractivity contribution in [1.82, 2.24) is 19.9 Å². The molecule has 9 heteroatoms. The van der Waals surface area contributed by atoms with E-state index >= 15 is 0 Å². The summed E-state index contributed by atoms with van der Waals surface area (Å²) >= 11 is 0. The van der Waals surface area contributed by atoms with Crippen LogP contribution in [0.25, 0.3) is 0 Å². The maximum Gasteiger partial charge on any atom is 0.284 e. The zero-order valence-corrected chi connectivity index (χ0v) is 14.0. The van der Waals surface area contributed by atoms with Crippen molar-refractivity contribution in [3.8, 4) is 5.88 Å². The molecule has 0 atom stereocenters. The lowest BCUT2D eigenvalue weighted by Gasteiger charge is -2.22. The van der Waals surface area contributed by atoms with Gasteiger partial charge in [0.2, 0.25) is 5.88 Å². The zero-order chi connectivity index (χ0) is 16.5. The van der Waals surface area contributed by atoms with Gasteiger partial charge in [-0.15, -0.1) is 0 Å². The number of sulfonamides is 1. The largest absolute Gasteiger partial charge is 0.480 e. The van der Waals surface area contributed by atoms with Crippen LogP contribution in [0, 0.1) is 0 Å². The Hall–Kier alpha value is -2.16. The summed E-state index contributed by atoms with van der Waals surface area (Å²) in [5, 5.41) is -0.0212. The van der Waals surface area contributed by atoms with Crippen LogP contribution in [0.4, 0.5) is 5.82 Å². The summed E-state index contributed by atoms with van der Waals surface area (Å²) in [7, 11) is -1.01. The average Bonchev–Trinajstić information content (AvgIpc) is 2.97. The summed E-state index contributed by atoms with van der Waals surface area (Å²) in [6.45, 7) is 5.72. The van der Waals surface area contributed by atoms with Crippen molar-refractivity contribution in [3.05, 3.63) is 24.4 Å². The summed E-state index contributed by atoms with van der Waals surface area (Å²) in [6.07, 6.45) is 4.13. The van der Waals surface area contributed by atoms with Gasteiger partial charge < -0.3 is 9.72 Å². The van der Waals surface area contributed by atoms with Crippen molar-refractivity contribution in [3.63, 3.8) is 0 Å². The highest BCUT2D eigenvalue weighted by molar-refractivity contribution is 7.92. The minimum absolute atomic E-state index is 0.0212. The number of hydrogen-bond donors (Lipinski definition) is 1. The van der Waals surface area contributed by atoms with E-state index in [1.54, 1.807) is 0 Å². The second-order valence-electron chi connectivity index (χ2n) is 5.72. The van der Waals surface area contributed by atoms with Crippen LogP contribution < -0.4 is 9.04 Å². The lowest BCUT2D eigenvalue weighted by atomic mass is 9.93. The number of imidazole rings is 1. The first-order valence-corrected chi connectivity index (χ1v) is 8.00. The Morgan fingerprint density at radius 2 is 1.95 bits per heavy atom. The van der Waals surface area contributed by atoms with Gasteiger partial charge in [-0.2, -0.15) is 13.4 Å². The third kappa shape index (κ3) is 2.89. The van der Waals surface area contributed by atoms with E-state index in [0.717, 1.165) is 4.31 Å². The zero-order valence-electron chi connectivity index (χ0n) is 13.2. The van der Waals surface area contributed by atoms with Crippen LogP contribution in [0.1, 0.15) is 26.5 Å². The average molecular weight is 325 g/mol. The quantitative estimate of drug-likeness (QED) is 0.910. The van der Waals surface area contributed by atoms with E-state index in [9.17, 15) is 8.42 Å². The molecule has 0 saturated carbocycles. The number of anilines is 1. The molecule has 2 rings (SSSR count). The molecule has 1 N–H and O–H groups in total. The first-order chi connectivity index (χ1) is 10.2. The van der Waals surface area contributed by atoms with Crippen molar-refractivity contribution in [2.75, 3.05) is 18.5 Å². The topological polar surface area (TPSA) is 101 Å². The van der Waals surface area contributed by atoms with Gasteiger partial charge in [-0.1, -0.05) is 20.8 Å². The van der Waals surface area contributed by atoms with Gasteiger partial charge >= 0.3 is 0 Å². The fraction of sp³-hybridized carbons (Fsp3) is 0.462. The highest BCUT2D eigenvalue weighted by Gasteiger charge is 2.32. The first kappa shape index (κ1) is 16.2. The minimum Gasteiger partial charge on any atom is -0.480 e. The molecular weight excluding hydrogens is 306 g/mol. The van der Waals surface area contributed by atoms with Crippen LogP contribution in [-0.2, 0) is 15.4 Å². The number of aromatic nitrogens is 4. The number of methoxy groups -OCH3 is 1. The summed E-state index contributed by atoms with van der Waals surface area (Å²) in [4.78, 5) is 14.9. The van der Waals surface area contributed by atoms with Gasteiger partial charge in [0.25, 0.3) is 10.0 Å². The van der Waals surface area contributed by atoms with Gasteiger partial charge in [0.05, 0.1) is 31.5 Å². The SMILES string of the molecule is COc1cncc(N(C)S(=O)(=O)c2nc[nH]c2C(C)(C)C)n1. The Morgan fingerprint density at radius 3 is 2.55 bits per heavy atom. The third-order valence-electron chi connectivity index (χ3n) is 3.09.